The minimum absolute atomic E-state index is 0.131. The van der Waals surface area contributed by atoms with Crippen molar-refractivity contribution < 1.29 is 19.1 Å². The monoisotopic (exact) mass is 388 g/mol. The largest absolute Gasteiger partial charge is 0.495 e. The lowest BCUT2D eigenvalue weighted by atomic mass is 10.1. The third-order valence-corrected chi connectivity index (χ3v) is 4.79. The number of ether oxygens (including phenoxy) is 2. The Kier molecular flexibility index (Phi) is 5.28. The summed E-state index contributed by atoms with van der Waals surface area (Å²) in [6.45, 7) is 5.29. The average Bonchev–Trinajstić information content (AvgIpc) is 2.62. The number of fused-ring (bicyclic) bond motifs is 1. The van der Waals surface area contributed by atoms with Crippen LogP contribution in [0.3, 0.4) is 0 Å². The smallest absolute Gasteiger partial charge is 0.268 e. The number of carbonyl (C=O) groups excluding carboxylic acids is 2. The van der Waals surface area contributed by atoms with Crippen LogP contribution in [0.5, 0.6) is 11.5 Å². The molecule has 1 atom stereocenters. The van der Waals surface area contributed by atoms with E-state index in [0.29, 0.717) is 27.9 Å². The first-order chi connectivity index (χ1) is 12.8. The number of rotatable bonds is 4. The molecular formula is C20H21ClN2O4. The van der Waals surface area contributed by atoms with Crippen molar-refractivity contribution in [2.24, 2.45) is 0 Å². The van der Waals surface area contributed by atoms with Gasteiger partial charge in [-0.05, 0) is 50.1 Å². The molecular weight excluding hydrogens is 368 g/mol. The second kappa shape index (κ2) is 7.48. The normalized spacial score (nSPS) is 15.8. The van der Waals surface area contributed by atoms with Gasteiger partial charge in [0, 0.05) is 11.1 Å². The van der Waals surface area contributed by atoms with E-state index in [1.165, 1.54) is 12.0 Å². The molecule has 0 bridgehead atoms. The number of anilines is 2. The minimum Gasteiger partial charge on any atom is -0.495 e. The maximum absolute atomic E-state index is 12.7. The van der Waals surface area contributed by atoms with Crippen molar-refractivity contribution >= 4 is 34.8 Å². The fourth-order valence-electron chi connectivity index (χ4n) is 2.94. The van der Waals surface area contributed by atoms with Crippen molar-refractivity contribution in [3.8, 4) is 11.5 Å². The maximum atomic E-state index is 12.7. The Bertz CT molecular complexity index is 913. The lowest BCUT2D eigenvalue weighted by Gasteiger charge is -2.32. The van der Waals surface area contributed by atoms with Crippen molar-refractivity contribution in [1.82, 2.24) is 0 Å². The quantitative estimate of drug-likeness (QED) is 0.866. The number of nitrogens with one attached hydrogen (secondary N) is 1. The Hall–Kier alpha value is -2.73. The molecule has 2 aromatic rings. The third-order valence-electron chi connectivity index (χ3n) is 4.38. The number of methoxy groups -OCH3 is 1. The summed E-state index contributed by atoms with van der Waals surface area (Å²) in [7, 11) is 1.50. The molecule has 0 spiro atoms. The standard InChI is InChI=1S/C20H21ClN2O4/c1-11-5-6-17-16(7-11)23(20(25)13(3)27-17)10-19(24)22-15-8-12(2)14(21)9-18(15)26-4/h5-9,13H,10H2,1-4H3,(H,22,24). The Morgan fingerprint density at radius 3 is 2.74 bits per heavy atom. The summed E-state index contributed by atoms with van der Waals surface area (Å²) < 4.78 is 10.9. The zero-order valence-electron chi connectivity index (χ0n) is 15.6. The number of aryl methyl sites for hydroxylation is 2. The van der Waals surface area contributed by atoms with Crippen LogP contribution >= 0.6 is 11.6 Å². The van der Waals surface area contributed by atoms with Gasteiger partial charge in [-0.15, -0.1) is 0 Å². The van der Waals surface area contributed by atoms with Crippen LogP contribution in [0, 0.1) is 13.8 Å². The molecule has 2 aromatic carbocycles. The predicted octanol–water partition coefficient (Wildman–Crippen LogP) is 3.72. The molecule has 1 N–H and O–H groups in total. The molecule has 3 rings (SSSR count). The van der Waals surface area contributed by atoms with Gasteiger partial charge in [-0.2, -0.15) is 0 Å². The number of amides is 2. The van der Waals surface area contributed by atoms with Crippen LogP contribution in [0.2, 0.25) is 5.02 Å². The van der Waals surface area contributed by atoms with Gasteiger partial charge in [0.25, 0.3) is 5.91 Å². The molecule has 0 saturated carbocycles. The summed E-state index contributed by atoms with van der Waals surface area (Å²) in [5.74, 6) is 0.435. The number of hydrogen-bond acceptors (Lipinski definition) is 4. The summed E-state index contributed by atoms with van der Waals surface area (Å²) in [6.07, 6.45) is -0.652. The summed E-state index contributed by atoms with van der Waals surface area (Å²) in [5.41, 5.74) is 2.88. The molecule has 27 heavy (non-hydrogen) atoms. The highest BCUT2D eigenvalue weighted by molar-refractivity contribution is 6.31. The van der Waals surface area contributed by atoms with E-state index in [2.05, 4.69) is 5.32 Å². The van der Waals surface area contributed by atoms with Gasteiger partial charge in [0.15, 0.2) is 6.10 Å². The van der Waals surface area contributed by atoms with Gasteiger partial charge in [0.1, 0.15) is 18.0 Å². The van der Waals surface area contributed by atoms with Crippen molar-refractivity contribution in [2.45, 2.75) is 26.9 Å². The van der Waals surface area contributed by atoms with E-state index in [1.807, 2.05) is 32.0 Å². The summed E-state index contributed by atoms with van der Waals surface area (Å²) in [4.78, 5) is 26.7. The van der Waals surface area contributed by atoms with E-state index < -0.39 is 6.10 Å². The molecule has 0 fully saturated rings. The maximum Gasteiger partial charge on any atom is 0.268 e. The third kappa shape index (κ3) is 3.85. The highest BCUT2D eigenvalue weighted by Gasteiger charge is 2.32. The van der Waals surface area contributed by atoms with Gasteiger partial charge >= 0.3 is 0 Å². The molecule has 142 valence electrons. The Balaban J connectivity index is 1.85. The fourth-order valence-corrected chi connectivity index (χ4v) is 3.10. The summed E-state index contributed by atoms with van der Waals surface area (Å²) in [6, 6.07) is 8.93. The Morgan fingerprint density at radius 1 is 1.30 bits per heavy atom. The van der Waals surface area contributed by atoms with Crippen LogP contribution in [-0.2, 0) is 9.59 Å². The van der Waals surface area contributed by atoms with E-state index in [4.69, 9.17) is 21.1 Å². The molecule has 6 nitrogen and oxygen atoms in total. The highest BCUT2D eigenvalue weighted by Crippen LogP contribution is 2.35. The van der Waals surface area contributed by atoms with Crippen LogP contribution in [0.4, 0.5) is 11.4 Å². The average molecular weight is 389 g/mol. The first kappa shape index (κ1) is 19.0. The highest BCUT2D eigenvalue weighted by atomic mass is 35.5. The van der Waals surface area contributed by atoms with Gasteiger partial charge < -0.3 is 14.8 Å². The number of hydrogen-bond donors (Lipinski definition) is 1. The molecule has 7 heteroatoms. The number of halogens is 1. The number of carbonyl (C=O) groups is 2. The van der Waals surface area contributed by atoms with E-state index in [0.717, 1.165) is 11.1 Å². The second-order valence-corrected chi connectivity index (χ2v) is 6.91. The molecule has 2 amide bonds. The molecule has 0 aromatic heterocycles. The zero-order valence-corrected chi connectivity index (χ0v) is 16.4. The second-order valence-electron chi connectivity index (χ2n) is 6.51. The van der Waals surface area contributed by atoms with Crippen molar-refractivity contribution in [2.75, 3.05) is 23.9 Å². The van der Waals surface area contributed by atoms with Crippen LogP contribution in [0.15, 0.2) is 30.3 Å². The van der Waals surface area contributed by atoms with Crippen molar-refractivity contribution in [3.05, 3.63) is 46.5 Å². The van der Waals surface area contributed by atoms with Crippen molar-refractivity contribution in [3.63, 3.8) is 0 Å². The van der Waals surface area contributed by atoms with Gasteiger partial charge in [-0.3, -0.25) is 14.5 Å². The van der Waals surface area contributed by atoms with Gasteiger partial charge in [-0.25, -0.2) is 0 Å². The van der Waals surface area contributed by atoms with E-state index in [-0.39, 0.29) is 18.4 Å². The van der Waals surface area contributed by atoms with Crippen LogP contribution < -0.4 is 19.7 Å². The van der Waals surface area contributed by atoms with Crippen LogP contribution in [-0.4, -0.2) is 31.6 Å². The molecule has 0 saturated heterocycles. The molecule has 0 aliphatic carbocycles. The Labute approximate surface area is 163 Å². The van der Waals surface area contributed by atoms with E-state index in [9.17, 15) is 9.59 Å². The van der Waals surface area contributed by atoms with Crippen LogP contribution in [0.25, 0.3) is 0 Å². The zero-order chi connectivity index (χ0) is 19.7. The fraction of sp³-hybridized carbons (Fsp3) is 0.300. The topological polar surface area (TPSA) is 67.9 Å². The lowest BCUT2D eigenvalue weighted by molar-refractivity contribution is -0.127. The lowest BCUT2D eigenvalue weighted by Crippen LogP contribution is -2.47. The van der Waals surface area contributed by atoms with Gasteiger partial charge in [0.05, 0.1) is 18.5 Å². The van der Waals surface area contributed by atoms with Gasteiger partial charge in [0.2, 0.25) is 5.91 Å². The van der Waals surface area contributed by atoms with Crippen LogP contribution in [0.1, 0.15) is 18.1 Å². The first-order valence-corrected chi connectivity index (χ1v) is 8.90. The number of benzene rings is 2. The molecule has 1 unspecified atom stereocenters. The van der Waals surface area contributed by atoms with Gasteiger partial charge in [-0.1, -0.05) is 17.7 Å². The summed E-state index contributed by atoms with van der Waals surface area (Å²) in [5, 5.41) is 3.35. The molecule has 1 heterocycles. The SMILES string of the molecule is COc1cc(Cl)c(C)cc1NC(=O)CN1C(=O)C(C)Oc2ccc(C)cc21. The predicted molar refractivity (Wildman–Crippen MR) is 105 cm³/mol. The Morgan fingerprint density at radius 2 is 2.04 bits per heavy atom. The minimum atomic E-state index is -0.652. The summed E-state index contributed by atoms with van der Waals surface area (Å²) >= 11 is 6.10. The first-order valence-electron chi connectivity index (χ1n) is 8.53. The molecule has 0 radical (unpaired) electrons. The van der Waals surface area contributed by atoms with E-state index in [1.54, 1.807) is 19.1 Å². The number of nitrogens with zero attached hydrogens (tertiary/aromatic N) is 1. The van der Waals surface area contributed by atoms with Crippen molar-refractivity contribution in [1.29, 1.82) is 0 Å². The molecule has 1 aliphatic rings. The molecule has 1 aliphatic heterocycles. The van der Waals surface area contributed by atoms with E-state index >= 15 is 0 Å².